The topological polar surface area (TPSA) is 64.6 Å². The average molecular weight is 389 g/mol. The molecule has 3 rings (SSSR count). The maximum absolute atomic E-state index is 12.2. The first-order valence-electron chi connectivity index (χ1n) is 9.37. The zero-order valence-corrected chi connectivity index (χ0v) is 16.3. The van der Waals surface area contributed by atoms with Gasteiger partial charge in [-0.25, -0.2) is 4.79 Å². The molecule has 0 aliphatic carbocycles. The van der Waals surface area contributed by atoms with Crippen LogP contribution in [-0.4, -0.2) is 25.1 Å². The number of hydrogen-bond donors (Lipinski definition) is 1. The van der Waals surface area contributed by atoms with Crippen molar-refractivity contribution in [3.8, 4) is 5.75 Å². The van der Waals surface area contributed by atoms with Gasteiger partial charge in [0.2, 0.25) is 0 Å². The smallest absolute Gasteiger partial charge is 0.344 e. The fourth-order valence-electron chi connectivity index (χ4n) is 2.83. The SMILES string of the molecule is Cc1cccc(OCC(=O)OCC(=O)Nc2ccccc2Cc2ccccc2)c1. The van der Waals surface area contributed by atoms with Crippen LogP contribution in [0.3, 0.4) is 0 Å². The third-order valence-electron chi connectivity index (χ3n) is 4.24. The first-order valence-corrected chi connectivity index (χ1v) is 9.37. The van der Waals surface area contributed by atoms with Gasteiger partial charge < -0.3 is 14.8 Å². The number of amides is 1. The Balaban J connectivity index is 1.49. The summed E-state index contributed by atoms with van der Waals surface area (Å²) in [5.41, 5.74) is 3.87. The lowest BCUT2D eigenvalue weighted by atomic mass is 10.0. The molecule has 1 N–H and O–H groups in total. The summed E-state index contributed by atoms with van der Waals surface area (Å²) in [6.45, 7) is 1.32. The van der Waals surface area contributed by atoms with Gasteiger partial charge >= 0.3 is 5.97 Å². The molecular weight excluding hydrogens is 366 g/mol. The number of aryl methyl sites for hydroxylation is 1. The normalized spacial score (nSPS) is 10.2. The van der Waals surface area contributed by atoms with E-state index in [9.17, 15) is 9.59 Å². The monoisotopic (exact) mass is 389 g/mol. The highest BCUT2D eigenvalue weighted by atomic mass is 16.6. The molecule has 0 aliphatic heterocycles. The summed E-state index contributed by atoms with van der Waals surface area (Å²) in [7, 11) is 0. The van der Waals surface area contributed by atoms with Crippen molar-refractivity contribution in [2.45, 2.75) is 13.3 Å². The number of esters is 1. The molecular formula is C24H23NO4. The van der Waals surface area contributed by atoms with E-state index in [1.807, 2.05) is 79.7 Å². The van der Waals surface area contributed by atoms with Crippen LogP contribution in [0, 0.1) is 6.92 Å². The van der Waals surface area contributed by atoms with Crippen molar-refractivity contribution in [3.05, 3.63) is 95.6 Å². The highest BCUT2D eigenvalue weighted by Crippen LogP contribution is 2.19. The first-order chi connectivity index (χ1) is 14.1. The fourth-order valence-corrected chi connectivity index (χ4v) is 2.83. The summed E-state index contributed by atoms with van der Waals surface area (Å²) < 4.78 is 10.4. The Morgan fingerprint density at radius 1 is 0.862 bits per heavy atom. The van der Waals surface area contributed by atoms with Crippen LogP contribution in [0.1, 0.15) is 16.7 Å². The van der Waals surface area contributed by atoms with Crippen LogP contribution in [0.4, 0.5) is 5.69 Å². The van der Waals surface area contributed by atoms with Gasteiger partial charge in [-0.1, -0.05) is 60.7 Å². The molecule has 0 heterocycles. The minimum Gasteiger partial charge on any atom is -0.482 e. The summed E-state index contributed by atoms with van der Waals surface area (Å²) in [6.07, 6.45) is 0.696. The molecule has 0 bridgehead atoms. The standard InChI is InChI=1S/C24H23NO4/c1-18-8-7-12-21(14-18)28-17-24(27)29-16-23(26)25-22-13-6-5-11-20(22)15-19-9-3-2-4-10-19/h2-14H,15-17H2,1H3,(H,25,26). The molecule has 0 aliphatic rings. The summed E-state index contributed by atoms with van der Waals surface area (Å²) >= 11 is 0. The van der Waals surface area contributed by atoms with E-state index in [2.05, 4.69) is 5.32 Å². The van der Waals surface area contributed by atoms with Crippen LogP contribution >= 0.6 is 0 Å². The van der Waals surface area contributed by atoms with Crippen molar-refractivity contribution in [2.24, 2.45) is 0 Å². The van der Waals surface area contributed by atoms with Crippen LogP contribution in [0.5, 0.6) is 5.75 Å². The van der Waals surface area contributed by atoms with E-state index < -0.39 is 11.9 Å². The number of carbonyl (C=O) groups is 2. The molecule has 148 valence electrons. The second kappa shape index (κ2) is 10.1. The predicted octanol–water partition coefficient (Wildman–Crippen LogP) is 4.15. The molecule has 5 nitrogen and oxygen atoms in total. The van der Waals surface area contributed by atoms with E-state index >= 15 is 0 Å². The number of nitrogens with one attached hydrogen (secondary N) is 1. The number of anilines is 1. The molecule has 0 spiro atoms. The Morgan fingerprint density at radius 2 is 1.62 bits per heavy atom. The van der Waals surface area contributed by atoms with Crippen molar-refractivity contribution in [1.29, 1.82) is 0 Å². The number of carbonyl (C=O) groups excluding carboxylic acids is 2. The van der Waals surface area contributed by atoms with E-state index in [1.54, 1.807) is 6.07 Å². The Kier molecular flexibility index (Phi) is 7.00. The largest absolute Gasteiger partial charge is 0.482 e. The van der Waals surface area contributed by atoms with Gasteiger partial charge in [0.25, 0.3) is 5.91 Å². The lowest BCUT2D eigenvalue weighted by molar-refractivity contribution is -0.149. The summed E-state index contributed by atoms with van der Waals surface area (Å²) in [6, 6.07) is 24.9. The molecule has 3 aromatic carbocycles. The molecule has 0 atom stereocenters. The quantitative estimate of drug-likeness (QED) is 0.588. The Morgan fingerprint density at radius 3 is 2.41 bits per heavy atom. The molecule has 0 unspecified atom stereocenters. The summed E-state index contributed by atoms with van der Waals surface area (Å²) in [5, 5.41) is 2.81. The van der Waals surface area contributed by atoms with Gasteiger partial charge in [0.15, 0.2) is 13.2 Å². The third kappa shape index (κ3) is 6.50. The molecule has 0 saturated carbocycles. The van der Waals surface area contributed by atoms with Crippen LogP contribution in [0.2, 0.25) is 0 Å². The highest BCUT2D eigenvalue weighted by Gasteiger charge is 2.11. The van der Waals surface area contributed by atoms with E-state index in [4.69, 9.17) is 9.47 Å². The van der Waals surface area contributed by atoms with Gasteiger partial charge in [-0.2, -0.15) is 0 Å². The Hall–Kier alpha value is -3.60. The second-order valence-corrected chi connectivity index (χ2v) is 6.63. The lowest BCUT2D eigenvalue weighted by Crippen LogP contribution is -2.24. The average Bonchev–Trinajstić information content (AvgIpc) is 2.73. The Labute approximate surface area is 170 Å². The van der Waals surface area contributed by atoms with Crippen molar-refractivity contribution in [2.75, 3.05) is 18.5 Å². The zero-order chi connectivity index (χ0) is 20.5. The molecule has 0 fully saturated rings. The van der Waals surface area contributed by atoms with Gasteiger partial charge in [0, 0.05) is 5.69 Å². The highest BCUT2D eigenvalue weighted by molar-refractivity contribution is 5.93. The van der Waals surface area contributed by atoms with E-state index in [1.165, 1.54) is 0 Å². The molecule has 1 amide bonds. The third-order valence-corrected chi connectivity index (χ3v) is 4.24. The van der Waals surface area contributed by atoms with Crippen molar-refractivity contribution < 1.29 is 19.1 Å². The van der Waals surface area contributed by atoms with E-state index in [0.29, 0.717) is 17.9 Å². The molecule has 0 saturated heterocycles. The van der Waals surface area contributed by atoms with Gasteiger partial charge in [-0.3, -0.25) is 4.79 Å². The maximum atomic E-state index is 12.2. The number of hydrogen-bond acceptors (Lipinski definition) is 4. The van der Waals surface area contributed by atoms with Crippen molar-refractivity contribution in [1.82, 2.24) is 0 Å². The molecule has 0 radical (unpaired) electrons. The van der Waals surface area contributed by atoms with Gasteiger partial charge in [-0.05, 0) is 48.2 Å². The number of para-hydroxylation sites is 1. The van der Waals surface area contributed by atoms with Crippen LogP contribution in [-0.2, 0) is 20.7 Å². The molecule has 29 heavy (non-hydrogen) atoms. The lowest BCUT2D eigenvalue weighted by Gasteiger charge is -2.12. The number of benzene rings is 3. The van der Waals surface area contributed by atoms with Gasteiger partial charge in [-0.15, -0.1) is 0 Å². The van der Waals surface area contributed by atoms with E-state index in [-0.39, 0.29) is 13.2 Å². The fraction of sp³-hybridized carbons (Fsp3) is 0.167. The van der Waals surface area contributed by atoms with E-state index in [0.717, 1.165) is 16.7 Å². The first kappa shape index (κ1) is 20.1. The van der Waals surface area contributed by atoms with Crippen LogP contribution < -0.4 is 10.1 Å². The second-order valence-electron chi connectivity index (χ2n) is 6.63. The maximum Gasteiger partial charge on any atom is 0.344 e. The zero-order valence-electron chi connectivity index (χ0n) is 16.3. The number of rotatable bonds is 8. The Bertz CT molecular complexity index is 969. The minimum absolute atomic E-state index is 0.249. The summed E-state index contributed by atoms with van der Waals surface area (Å²) in [4.78, 5) is 24.1. The molecule has 3 aromatic rings. The van der Waals surface area contributed by atoms with Crippen LogP contribution in [0.25, 0.3) is 0 Å². The molecule has 5 heteroatoms. The predicted molar refractivity (Wildman–Crippen MR) is 112 cm³/mol. The van der Waals surface area contributed by atoms with Crippen LogP contribution in [0.15, 0.2) is 78.9 Å². The molecule has 0 aromatic heterocycles. The van der Waals surface area contributed by atoms with Crippen molar-refractivity contribution in [3.63, 3.8) is 0 Å². The van der Waals surface area contributed by atoms with Gasteiger partial charge in [0.05, 0.1) is 0 Å². The van der Waals surface area contributed by atoms with Crippen molar-refractivity contribution >= 4 is 17.6 Å². The summed E-state index contributed by atoms with van der Waals surface area (Å²) in [5.74, 6) is -0.408. The minimum atomic E-state index is -0.598. The number of ether oxygens (including phenoxy) is 2. The van der Waals surface area contributed by atoms with Gasteiger partial charge in [0.1, 0.15) is 5.75 Å².